The Labute approximate surface area is 124 Å². The number of rotatable bonds is 2. The molecule has 1 amide bonds. The molecule has 0 saturated carbocycles. The maximum Gasteiger partial charge on any atom is 0.253 e. The van der Waals surface area contributed by atoms with Crippen LogP contribution in [0.3, 0.4) is 0 Å². The molecule has 1 aromatic heterocycles. The highest BCUT2D eigenvalue weighted by Crippen LogP contribution is 2.38. The fraction of sp³-hybridized carbons (Fsp3) is 0.400. The van der Waals surface area contributed by atoms with Crippen LogP contribution in [0.1, 0.15) is 40.4 Å². The van der Waals surface area contributed by atoms with Gasteiger partial charge in [0.15, 0.2) is 17.5 Å². The molecule has 0 radical (unpaired) electrons. The van der Waals surface area contributed by atoms with E-state index in [4.69, 9.17) is 5.73 Å². The van der Waals surface area contributed by atoms with Gasteiger partial charge in [0.05, 0.1) is 5.52 Å². The smallest absolute Gasteiger partial charge is 0.253 e. The predicted molar refractivity (Wildman–Crippen MR) is 76.3 cm³/mol. The van der Waals surface area contributed by atoms with Gasteiger partial charge in [-0.05, 0) is 26.3 Å². The molecule has 1 unspecified atom stereocenters. The Balaban J connectivity index is 2.38. The summed E-state index contributed by atoms with van der Waals surface area (Å²) in [6.45, 7) is 2.67. The van der Waals surface area contributed by atoms with Crippen molar-refractivity contribution in [1.82, 2.24) is 10.3 Å². The number of benzene rings is 1. The van der Waals surface area contributed by atoms with Gasteiger partial charge in [0.1, 0.15) is 5.56 Å². The molecule has 0 aliphatic carbocycles. The van der Waals surface area contributed by atoms with E-state index in [0.717, 1.165) is 13.0 Å². The third kappa shape index (κ3) is 2.08. The number of carbonyl (C=O) groups excluding carboxylic acids is 1. The van der Waals surface area contributed by atoms with Gasteiger partial charge >= 0.3 is 0 Å². The number of carbonyl (C=O) groups is 1. The van der Waals surface area contributed by atoms with E-state index in [9.17, 15) is 18.0 Å². The average Bonchev–Trinajstić information content (AvgIpc) is 2.77. The first-order valence-corrected chi connectivity index (χ1v) is 7.12. The number of aromatic nitrogens is 1. The molecule has 1 aromatic carbocycles. The van der Waals surface area contributed by atoms with Gasteiger partial charge in [-0.1, -0.05) is 0 Å². The second kappa shape index (κ2) is 5.31. The highest BCUT2D eigenvalue weighted by atomic mass is 19.2. The van der Waals surface area contributed by atoms with Crippen molar-refractivity contribution in [1.29, 1.82) is 0 Å². The summed E-state index contributed by atoms with van der Waals surface area (Å²) in [6.07, 6.45) is 1.41. The number of primary amides is 1. The van der Waals surface area contributed by atoms with E-state index in [1.54, 1.807) is 0 Å². The van der Waals surface area contributed by atoms with Crippen molar-refractivity contribution < 1.29 is 18.0 Å². The zero-order chi connectivity index (χ0) is 16.0. The van der Waals surface area contributed by atoms with Gasteiger partial charge in [-0.2, -0.15) is 0 Å². The Morgan fingerprint density at radius 1 is 1.23 bits per heavy atom. The van der Waals surface area contributed by atoms with Crippen LogP contribution in [0.2, 0.25) is 0 Å². The van der Waals surface area contributed by atoms with Crippen LogP contribution in [0.15, 0.2) is 0 Å². The summed E-state index contributed by atoms with van der Waals surface area (Å²) >= 11 is 0. The highest BCUT2D eigenvalue weighted by molar-refractivity contribution is 6.06. The minimum absolute atomic E-state index is 0.0217. The molecule has 1 fully saturated rings. The van der Waals surface area contributed by atoms with E-state index in [-0.39, 0.29) is 28.1 Å². The molecule has 1 saturated heterocycles. The van der Waals surface area contributed by atoms with Crippen LogP contribution in [0.4, 0.5) is 13.2 Å². The Kier molecular flexibility index (Phi) is 3.60. The number of hydrogen-bond acceptors (Lipinski definition) is 2. The Hall–Kier alpha value is -2.02. The van der Waals surface area contributed by atoms with Crippen LogP contribution < -0.4 is 11.1 Å². The van der Waals surface area contributed by atoms with Crippen LogP contribution >= 0.6 is 0 Å². The fourth-order valence-corrected chi connectivity index (χ4v) is 3.20. The molecule has 22 heavy (non-hydrogen) atoms. The zero-order valence-electron chi connectivity index (χ0n) is 12.0. The van der Waals surface area contributed by atoms with E-state index in [1.165, 1.54) is 6.92 Å². The maximum absolute atomic E-state index is 14.5. The van der Waals surface area contributed by atoms with E-state index < -0.39 is 28.9 Å². The van der Waals surface area contributed by atoms with E-state index in [0.29, 0.717) is 13.0 Å². The number of aromatic amines is 1. The van der Waals surface area contributed by atoms with E-state index >= 15 is 0 Å². The Morgan fingerprint density at radius 2 is 1.95 bits per heavy atom. The molecule has 2 heterocycles. The van der Waals surface area contributed by atoms with Crippen molar-refractivity contribution in [3.05, 3.63) is 34.3 Å². The quantitative estimate of drug-likeness (QED) is 0.797. The topological polar surface area (TPSA) is 70.9 Å². The largest absolute Gasteiger partial charge is 0.365 e. The first kappa shape index (κ1) is 14.9. The molecule has 3 rings (SSSR count). The summed E-state index contributed by atoms with van der Waals surface area (Å²) in [5, 5.41) is 3.02. The van der Waals surface area contributed by atoms with Crippen molar-refractivity contribution >= 4 is 16.8 Å². The number of aryl methyl sites for hydroxylation is 1. The van der Waals surface area contributed by atoms with Gasteiger partial charge in [-0.15, -0.1) is 0 Å². The second-order valence-corrected chi connectivity index (χ2v) is 5.64. The van der Waals surface area contributed by atoms with Crippen molar-refractivity contribution in [3.8, 4) is 0 Å². The third-order valence-corrected chi connectivity index (χ3v) is 4.23. The summed E-state index contributed by atoms with van der Waals surface area (Å²) in [7, 11) is 0. The lowest BCUT2D eigenvalue weighted by atomic mass is 9.87. The lowest BCUT2D eigenvalue weighted by Gasteiger charge is -2.24. The number of halogens is 3. The van der Waals surface area contributed by atoms with Gasteiger partial charge in [-0.3, -0.25) is 4.79 Å². The molecule has 0 spiro atoms. The Morgan fingerprint density at radius 3 is 2.55 bits per heavy atom. The van der Waals surface area contributed by atoms with E-state index in [2.05, 4.69) is 10.3 Å². The summed E-state index contributed by atoms with van der Waals surface area (Å²) < 4.78 is 43.3. The minimum Gasteiger partial charge on any atom is -0.365 e. The first-order chi connectivity index (χ1) is 10.4. The number of piperidine rings is 1. The fourth-order valence-electron chi connectivity index (χ4n) is 3.20. The third-order valence-electron chi connectivity index (χ3n) is 4.23. The summed E-state index contributed by atoms with van der Waals surface area (Å²) in [5.74, 6) is -4.65. The summed E-state index contributed by atoms with van der Waals surface area (Å²) in [4.78, 5) is 14.1. The number of nitrogens with one attached hydrogen (secondary N) is 2. The lowest BCUT2D eigenvalue weighted by Crippen LogP contribution is -2.29. The SMILES string of the molecule is Cc1[nH]c2c(C(N)=O)c(F)c(F)c(C3CCCNC3)c2c1F. The second-order valence-electron chi connectivity index (χ2n) is 5.64. The van der Waals surface area contributed by atoms with Crippen molar-refractivity contribution in [2.75, 3.05) is 13.1 Å². The van der Waals surface area contributed by atoms with Crippen molar-refractivity contribution in [3.63, 3.8) is 0 Å². The van der Waals surface area contributed by atoms with Gasteiger partial charge in [0, 0.05) is 29.1 Å². The molecular formula is C15H16F3N3O. The van der Waals surface area contributed by atoms with Crippen LogP contribution in [-0.4, -0.2) is 24.0 Å². The molecule has 7 heteroatoms. The zero-order valence-corrected chi connectivity index (χ0v) is 12.0. The van der Waals surface area contributed by atoms with Gasteiger partial charge in [-0.25, -0.2) is 13.2 Å². The summed E-state index contributed by atoms with van der Waals surface area (Å²) in [6, 6.07) is 0. The van der Waals surface area contributed by atoms with Crippen LogP contribution in [0.25, 0.3) is 10.9 Å². The van der Waals surface area contributed by atoms with Crippen molar-refractivity contribution in [2.24, 2.45) is 5.73 Å². The number of fused-ring (bicyclic) bond motifs is 1. The molecule has 4 N–H and O–H groups in total. The normalized spacial score (nSPS) is 18.8. The number of amides is 1. The van der Waals surface area contributed by atoms with Gasteiger partial charge in [0.25, 0.3) is 5.91 Å². The lowest BCUT2D eigenvalue weighted by molar-refractivity contribution is 0.0997. The number of nitrogens with two attached hydrogens (primary N) is 1. The molecule has 2 aromatic rings. The van der Waals surface area contributed by atoms with Gasteiger partial charge in [0.2, 0.25) is 0 Å². The number of H-pyrrole nitrogens is 1. The minimum atomic E-state index is -1.32. The van der Waals surface area contributed by atoms with Crippen LogP contribution in [-0.2, 0) is 0 Å². The molecule has 1 aliphatic heterocycles. The molecule has 1 aliphatic rings. The maximum atomic E-state index is 14.5. The summed E-state index contributed by atoms with van der Waals surface area (Å²) in [5.41, 5.74) is 4.53. The average molecular weight is 311 g/mol. The van der Waals surface area contributed by atoms with E-state index in [1.807, 2.05) is 0 Å². The van der Waals surface area contributed by atoms with Crippen molar-refractivity contribution in [2.45, 2.75) is 25.7 Å². The highest BCUT2D eigenvalue weighted by Gasteiger charge is 2.31. The number of hydrogen-bond donors (Lipinski definition) is 3. The van der Waals surface area contributed by atoms with Crippen LogP contribution in [0.5, 0.6) is 0 Å². The predicted octanol–water partition coefficient (Wildman–Crippen LogP) is 2.46. The molecule has 1 atom stereocenters. The Bertz CT molecular complexity index is 763. The standard InChI is InChI=1S/C15H16F3N3O/c1-6-11(16)9-8(7-3-2-4-20-5-7)12(17)13(18)10(15(19)22)14(9)21-6/h7,20-21H,2-5H2,1H3,(H2,19,22). The molecular weight excluding hydrogens is 295 g/mol. The molecule has 4 nitrogen and oxygen atoms in total. The molecule has 0 bridgehead atoms. The first-order valence-electron chi connectivity index (χ1n) is 7.12. The monoisotopic (exact) mass is 311 g/mol. The van der Waals surface area contributed by atoms with Crippen LogP contribution in [0, 0.1) is 24.4 Å². The van der Waals surface area contributed by atoms with Gasteiger partial charge < -0.3 is 16.0 Å². The molecule has 118 valence electrons.